The second-order valence-electron chi connectivity index (χ2n) is 5.75. The molecule has 0 radical (unpaired) electrons. The Morgan fingerprint density at radius 1 is 1.23 bits per heavy atom. The molecule has 1 aliphatic rings. The van der Waals surface area contributed by atoms with Gasteiger partial charge in [0.15, 0.2) is 0 Å². The zero-order valence-electron chi connectivity index (χ0n) is 13.2. The van der Waals surface area contributed by atoms with E-state index in [4.69, 9.17) is 0 Å². The third-order valence-corrected chi connectivity index (χ3v) is 4.19. The van der Waals surface area contributed by atoms with Gasteiger partial charge in [0.25, 0.3) is 5.91 Å². The summed E-state index contributed by atoms with van der Waals surface area (Å²) in [6, 6.07) is 0.136. The summed E-state index contributed by atoms with van der Waals surface area (Å²) >= 11 is 0. The molecule has 0 unspecified atom stereocenters. The van der Waals surface area contributed by atoms with Crippen LogP contribution >= 0.6 is 0 Å². The third kappa shape index (κ3) is 2.70. The number of aromatic nitrogens is 5. The Bertz CT molecular complexity index is 682. The molecule has 0 N–H and O–H groups in total. The zero-order valence-corrected chi connectivity index (χ0v) is 13.2. The van der Waals surface area contributed by atoms with Gasteiger partial charge in [-0.25, -0.2) is 4.98 Å². The van der Waals surface area contributed by atoms with Crippen molar-refractivity contribution in [1.82, 2.24) is 29.9 Å². The van der Waals surface area contributed by atoms with Gasteiger partial charge in [-0.1, -0.05) is 5.21 Å². The second kappa shape index (κ2) is 5.82. The van der Waals surface area contributed by atoms with Crippen molar-refractivity contribution in [3.63, 3.8) is 0 Å². The van der Waals surface area contributed by atoms with E-state index in [0.717, 1.165) is 30.8 Å². The van der Waals surface area contributed by atoms with E-state index < -0.39 is 0 Å². The van der Waals surface area contributed by atoms with E-state index in [1.165, 1.54) is 0 Å². The summed E-state index contributed by atoms with van der Waals surface area (Å²) in [5.41, 5.74) is 2.84. The lowest BCUT2D eigenvalue weighted by Gasteiger charge is -2.24. The maximum atomic E-state index is 12.8. The maximum Gasteiger partial charge on any atom is 0.274 e. The molecule has 7 heteroatoms. The fourth-order valence-corrected chi connectivity index (χ4v) is 2.89. The monoisotopic (exact) mass is 300 g/mol. The van der Waals surface area contributed by atoms with Crippen LogP contribution in [0.3, 0.4) is 0 Å². The highest BCUT2D eigenvalue weighted by Crippen LogP contribution is 2.22. The molecule has 1 amide bonds. The van der Waals surface area contributed by atoms with Crippen molar-refractivity contribution in [2.45, 2.75) is 46.2 Å². The minimum absolute atomic E-state index is 0.0317. The SMILES string of the molecule is Cc1nc(C)c(C(=O)N2CCC[C@H]2Cn2ccnn2)nc1C. The van der Waals surface area contributed by atoms with Gasteiger partial charge in [0.05, 0.1) is 35.9 Å². The van der Waals surface area contributed by atoms with Crippen molar-refractivity contribution >= 4 is 5.91 Å². The molecular formula is C15H20N6O. The van der Waals surface area contributed by atoms with Gasteiger partial charge in [0.1, 0.15) is 5.69 Å². The number of hydrogen-bond acceptors (Lipinski definition) is 5. The summed E-state index contributed by atoms with van der Waals surface area (Å²) in [5.74, 6) is -0.0317. The summed E-state index contributed by atoms with van der Waals surface area (Å²) in [4.78, 5) is 23.6. The van der Waals surface area contributed by atoms with Crippen LogP contribution in [-0.2, 0) is 6.54 Å². The Morgan fingerprint density at radius 2 is 2.00 bits per heavy atom. The highest BCUT2D eigenvalue weighted by molar-refractivity contribution is 5.93. The number of likely N-dealkylation sites (tertiary alicyclic amines) is 1. The Balaban J connectivity index is 1.83. The van der Waals surface area contributed by atoms with Crippen molar-refractivity contribution in [3.8, 4) is 0 Å². The topological polar surface area (TPSA) is 76.8 Å². The lowest BCUT2D eigenvalue weighted by Crippen LogP contribution is -2.39. The molecule has 2 aromatic rings. The van der Waals surface area contributed by atoms with Crippen LogP contribution in [0.25, 0.3) is 0 Å². The molecule has 0 bridgehead atoms. The van der Waals surface area contributed by atoms with Gasteiger partial charge in [-0.05, 0) is 33.6 Å². The molecule has 0 spiro atoms. The number of aryl methyl sites for hydroxylation is 3. The minimum Gasteiger partial charge on any atom is -0.332 e. The molecule has 2 aromatic heterocycles. The molecule has 116 valence electrons. The molecule has 22 heavy (non-hydrogen) atoms. The van der Waals surface area contributed by atoms with E-state index in [1.807, 2.05) is 31.9 Å². The number of nitrogens with zero attached hydrogens (tertiary/aromatic N) is 6. The summed E-state index contributed by atoms with van der Waals surface area (Å²) in [6.45, 7) is 7.06. The van der Waals surface area contributed by atoms with Crippen molar-refractivity contribution in [3.05, 3.63) is 35.2 Å². The molecule has 1 atom stereocenters. The average Bonchev–Trinajstić information content (AvgIpc) is 3.14. The van der Waals surface area contributed by atoms with Gasteiger partial charge in [0.2, 0.25) is 0 Å². The van der Waals surface area contributed by atoms with Crippen LogP contribution in [0.2, 0.25) is 0 Å². The van der Waals surface area contributed by atoms with Gasteiger partial charge in [-0.15, -0.1) is 5.10 Å². The van der Waals surface area contributed by atoms with Gasteiger partial charge in [-0.3, -0.25) is 14.5 Å². The van der Waals surface area contributed by atoms with E-state index in [1.54, 1.807) is 10.9 Å². The lowest BCUT2D eigenvalue weighted by atomic mass is 10.2. The molecule has 1 saturated heterocycles. The Hall–Kier alpha value is -2.31. The smallest absolute Gasteiger partial charge is 0.274 e. The largest absolute Gasteiger partial charge is 0.332 e. The van der Waals surface area contributed by atoms with Crippen molar-refractivity contribution in [2.75, 3.05) is 6.54 Å². The van der Waals surface area contributed by atoms with Crippen LogP contribution in [0.5, 0.6) is 0 Å². The van der Waals surface area contributed by atoms with Crippen LogP contribution in [0.15, 0.2) is 12.4 Å². The molecule has 0 aliphatic carbocycles. The minimum atomic E-state index is -0.0317. The molecular weight excluding hydrogens is 280 g/mol. The van der Waals surface area contributed by atoms with Crippen LogP contribution in [0.4, 0.5) is 0 Å². The highest BCUT2D eigenvalue weighted by atomic mass is 16.2. The standard InChI is InChI=1S/C15H20N6O/c1-10-11(2)18-14(12(3)17-10)15(22)21-7-4-5-13(21)9-20-8-6-16-19-20/h6,8,13H,4-5,7,9H2,1-3H3/t13-/m0/s1. The first-order chi connectivity index (χ1) is 10.6. The van der Waals surface area contributed by atoms with Crippen LogP contribution in [0, 0.1) is 20.8 Å². The maximum absolute atomic E-state index is 12.8. The molecule has 0 saturated carbocycles. The zero-order chi connectivity index (χ0) is 15.7. The van der Waals surface area contributed by atoms with Crippen LogP contribution in [0.1, 0.15) is 40.4 Å². The molecule has 0 aromatic carbocycles. The Kier molecular flexibility index (Phi) is 3.87. The van der Waals surface area contributed by atoms with Gasteiger partial charge in [-0.2, -0.15) is 0 Å². The van der Waals surface area contributed by atoms with Gasteiger partial charge >= 0.3 is 0 Å². The summed E-state index contributed by atoms with van der Waals surface area (Å²) in [5, 5.41) is 7.81. The fourth-order valence-electron chi connectivity index (χ4n) is 2.89. The predicted molar refractivity (Wildman–Crippen MR) is 80.3 cm³/mol. The van der Waals surface area contributed by atoms with E-state index in [0.29, 0.717) is 17.9 Å². The number of carbonyl (C=O) groups is 1. The predicted octanol–water partition coefficient (Wildman–Crippen LogP) is 1.30. The van der Waals surface area contributed by atoms with Crippen molar-refractivity contribution in [1.29, 1.82) is 0 Å². The van der Waals surface area contributed by atoms with Crippen LogP contribution < -0.4 is 0 Å². The summed E-state index contributed by atoms with van der Waals surface area (Å²) in [6.07, 6.45) is 5.45. The first-order valence-electron chi connectivity index (χ1n) is 7.53. The lowest BCUT2D eigenvalue weighted by molar-refractivity contribution is 0.0713. The van der Waals surface area contributed by atoms with Gasteiger partial charge < -0.3 is 4.90 Å². The molecule has 1 fully saturated rings. The molecule has 3 heterocycles. The van der Waals surface area contributed by atoms with E-state index in [9.17, 15) is 4.79 Å². The average molecular weight is 300 g/mol. The summed E-state index contributed by atoms with van der Waals surface area (Å²) < 4.78 is 1.77. The Labute approximate surface area is 129 Å². The van der Waals surface area contributed by atoms with E-state index >= 15 is 0 Å². The first kappa shape index (κ1) is 14.6. The number of rotatable bonds is 3. The molecule has 7 nitrogen and oxygen atoms in total. The third-order valence-electron chi connectivity index (χ3n) is 4.19. The number of carbonyl (C=O) groups excluding carboxylic acids is 1. The van der Waals surface area contributed by atoms with Gasteiger partial charge in [0, 0.05) is 12.7 Å². The molecule has 3 rings (SSSR count). The van der Waals surface area contributed by atoms with E-state index in [-0.39, 0.29) is 11.9 Å². The number of amides is 1. The quantitative estimate of drug-likeness (QED) is 0.854. The highest BCUT2D eigenvalue weighted by Gasteiger charge is 2.31. The normalized spacial score (nSPS) is 18.0. The van der Waals surface area contributed by atoms with E-state index in [2.05, 4.69) is 20.3 Å². The molecule has 1 aliphatic heterocycles. The fraction of sp³-hybridized carbons (Fsp3) is 0.533. The summed E-state index contributed by atoms with van der Waals surface area (Å²) in [7, 11) is 0. The first-order valence-corrected chi connectivity index (χ1v) is 7.53. The Morgan fingerprint density at radius 3 is 2.73 bits per heavy atom. The number of hydrogen-bond donors (Lipinski definition) is 0. The van der Waals surface area contributed by atoms with Crippen LogP contribution in [-0.4, -0.2) is 48.4 Å². The van der Waals surface area contributed by atoms with Crippen molar-refractivity contribution < 1.29 is 4.79 Å². The second-order valence-corrected chi connectivity index (χ2v) is 5.75. The van der Waals surface area contributed by atoms with Crippen molar-refractivity contribution in [2.24, 2.45) is 0 Å².